The van der Waals surface area contributed by atoms with Crippen molar-refractivity contribution >= 4 is 5.90 Å². The van der Waals surface area contributed by atoms with Crippen LogP contribution in [0, 0.1) is 5.41 Å². The second-order valence-electron chi connectivity index (χ2n) is 3.02. The third-order valence-corrected chi connectivity index (χ3v) is 2.39. The Morgan fingerprint density at radius 2 is 2.25 bits per heavy atom. The van der Waals surface area contributed by atoms with Crippen LogP contribution in [0.5, 0.6) is 0 Å². The minimum atomic E-state index is 0.214. The van der Waals surface area contributed by atoms with E-state index in [0.29, 0.717) is 5.90 Å². The molecule has 1 aliphatic carbocycles. The Kier molecular flexibility index (Phi) is 1.61. The second kappa shape index (κ2) is 2.63. The van der Waals surface area contributed by atoms with Crippen LogP contribution in [0.2, 0.25) is 0 Å². The van der Waals surface area contributed by atoms with Crippen molar-refractivity contribution in [1.82, 2.24) is 0 Å². The normalized spacial score (nSPS) is 19.2. The number of methoxy groups -OCH3 is 1. The monoisotopic (exact) mass is 161 g/mol. The van der Waals surface area contributed by atoms with Crippen molar-refractivity contribution in [2.75, 3.05) is 7.11 Å². The minimum absolute atomic E-state index is 0.214. The van der Waals surface area contributed by atoms with Crippen molar-refractivity contribution in [2.24, 2.45) is 0 Å². The molecule has 0 fully saturated rings. The molecule has 1 unspecified atom stereocenters. The zero-order valence-corrected chi connectivity index (χ0v) is 7.00. The van der Waals surface area contributed by atoms with Crippen molar-refractivity contribution in [3.05, 3.63) is 35.4 Å². The van der Waals surface area contributed by atoms with Gasteiger partial charge in [-0.3, -0.25) is 5.41 Å². The lowest BCUT2D eigenvalue weighted by atomic mass is 9.77. The highest BCUT2D eigenvalue weighted by Crippen LogP contribution is 2.35. The number of ether oxygens (including phenoxy) is 1. The van der Waals surface area contributed by atoms with E-state index in [2.05, 4.69) is 12.1 Å². The Bertz CT molecular complexity index is 319. The molecule has 0 radical (unpaired) electrons. The summed E-state index contributed by atoms with van der Waals surface area (Å²) in [5.41, 5.74) is 2.61. The Hall–Kier alpha value is -1.31. The van der Waals surface area contributed by atoms with E-state index in [1.807, 2.05) is 12.1 Å². The molecule has 0 aliphatic heterocycles. The Morgan fingerprint density at radius 1 is 1.50 bits per heavy atom. The molecule has 1 N–H and O–H groups in total. The van der Waals surface area contributed by atoms with Crippen LogP contribution in [0.15, 0.2) is 24.3 Å². The van der Waals surface area contributed by atoms with E-state index in [-0.39, 0.29) is 5.92 Å². The maximum Gasteiger partial charge on any atom is 0.188 e. The van der Waals surface area contributed by atoms with Gasteiger partial charge in [0.15, 0.2) is 5.90 Å². The molecule has 2 heteroatoms. The van der Waals surface area contributed by atoms with E-state index in [1.165, 1.54) is 11.1 Å². The number of hydrogen-bond donors (Lipinski definition) is 1. The number of rotatable bonds is 1. The predicted molar refractivity (Wildman–Crippen MR) is 47.6 cm³/mol. The van der Waals surface area contributed by atoms with Gasteiger partial charge in [-0.05, 0) is 17.5 Å². The van der Waals surface area contributed by atoms with Crippen LogP contribution in [0.25, 0.3) is 0 Å². The molecule has 12 heavy (non-hydrogen) atoms. The molecule has 0 saturated carbocycles. The number of benzene rings is 1. The second-order valence-corrected chi connectivity index (χ2v) is 3.02. The molecule has 2 rings (SSSR count). The van der Waals surface area contributed by atoms with Gasteiger partial charge >= 0.3 is 0 Å². The summed E-state index contributed by atoms with van der Waals surface area (Å²) in [4.78, 5) is 0. The maximum absolute atomic E-state index is 7.50. The highest BCUT2D eigenvalue weighted by molar-refractivity contribution is 5.84. The molecular weight excluding hydrogens is 150 g/mol. The highest BCUT2D eigenvalue weighted by atomic mass is 16.5. The van der Waals surface area contributed by atoms with Crippen molar-refractivity contribution in [3.63, 3.8) is 0 Å². The number of hydrogen-bond acceptors (Lipinski definition) is 2. The molecule has 1 aromatic rings. The van der Waals surface area contributed by atoms with Crippen molar-refractivity contribution < 1.29 is 4.74 Å². The van der Waals surface area contributed by atoms with Gasteiger partial charge < -0.3 is 4.74 Å². The van der Waals surface area contributed by atoms with E-state index in [1.54, 1.807) is 7.11 Å². The standard InChI is InChI=1S/C10H11NO/c1-12-10(11)9-6-7-4-2-3-5-8(7)9/h2-5,9,11H,6H2,1H3. The van der Waals surface area contributed by atoms with Crippen LogP contribution in [0.3, 0.4) is 0 Å². The summed E-state index contributed by atoms with van der Waals surface area (Å²) >= 11 is 0. The smallest absolute Gasteiger partial charge is 0.188 e. The molecule has 1 aromatic carbocycles. The van der Waals surface area contributed by atoms with Crippen LogP contribution in [-0.2, 0) is 11.2 Å². The lowest BCUT2D eigenvalue weighted by Gasteiger charge is -2.29. The fourth-order valence-corrected chi connectivity index (χ4v) is 1.64. The third-order valence-electron chi connectivity index (χ3n) is 2.39. The molecule has 0 aromatic heterocycles. The summed E-state index contributed by atoms with van der Waals surface area (Å²) in [6, 6.07) is 8.21. The van der Waals surface area contributed by atoms with Crippen LogP contribution in [-0.4, -0.2) is 13.0 Å². The first-order valence-electron chi connectivity index (χ1n) is 4.03. The quantitative estimate of drug-likeness (QED) is 0.495. The number of nitrogens with one attached hydrogen (secondary N) is 1. The summed E-state index contributed by atoms with van der Waals surface area (Å²) in [6.45, 7) is 0. The number of fused-ring (bicyclic) bond motifs is 1. The van der Waals surface area contributed by atoms with Gasteiger partial charge in [0.25, 0.3) is 0 Å². The average molecular weight is 161 g/mol. The van der Waals surface area contributed by atoms with E-state index < -0.39 is 0 Å². The lowest BCUT2D eigenvalue weighted by molar-refractivity contribution is 0.371. The van der Waals surface area contributed by atoms with Gasteiger partial charge in [-0.25, -0.2) is 0 Å². The zero-order valence-electron chi connectivity index (χ0n) is 7.00. The predicted octanol–water partition coefficient (Wildman–Crippen LogP) is 1.95. The summed E-state index contributed by atoms with van der Waals surface area (Å²) in [5, 5.41) is 7.50. The van der Waals surface area contributed by atoms with Crippen LogP contribution in [0.4, 0.5) is 0 Å². The first kappa shape index (κ1) is 7.35. The van der Waals surface area contributed by atoms with Gasteiger partial charge in [0.05, 0.1) is 13.0 Å². The van der Waals surface area contributed by atoms with Gasteiger partial charge in [-0.1, -0.05) is 24.3 Å². The van der Waals surface area contributed by atoms with E-state index in [9.17, 15) is 0 Å². The largest absolute Gasteiger partial charge is 0.484 e. The minimum Gasteiger partial charge on any atom is -0.484 e. The Labute approximate surface area is 71.7 Å². The summed E-state index contributed by atoms with van der Waals surface area (Å²) in [6.07, 6.45) is 0.961. The Balaban J connectivity index is 2.25. The van der Waals surface area contributed by atoms with Crippen molar-refractivity contribution in [3.8, 4) is 0 Å². The summed E-state index contributed by atoms with van der Waals surface area (Å²) < 4.78 is 4.89. The Morgan fingerprint density at radius 3 is 2.92 bits per heavy atom. The first-order valence-corrected chi connectivity index (χ1v) is 4.03. The molecule has 0 amide bonds. The summed E-state index contributed by atoms with van der Waals surface area (Å²) in [7, 11) is 1.56. The molecular formula is C10H11NO. The molecule has 0 spiro atoms. The average Bonchev–Trinajstić information content (AvgIpc) is 2.07. The van der Waals surface area contributed by atoms with Gasteiger partial charge in [0.1, 0.15) is 0 Å². The first-order chi connectivity index (χ1) is 5.83. The molecule has 0 saturated heterocycles. The maximum atomic E-state index is 7.50. The molecule has 62 valence electrons. The van der Waals surface area contributed by atoms with E-state index in [4.69, 9.17) is 10.1 Å². The van der Waals surface area contributed by atoms with Crippen molar-refractivity contribution in [2.45, 2.75) is 12.3 Å². The van der Waals surface area contributed by atoms with E-state index in [0.717, 1.165) is 6.42 Å². The molecule has 1 aliphatic rings. The van der Waals surface area contributed by atoms with Gasteiger partial charge in [-0.15, -0.1) is 0 Å². The third kappa shape index (κ3) is 0.916. The van der Waals surface area contributed by atoms with Crippen LogP contribution in [0.1, 0.15) is 17.0 Å². The zero-order chi connectivity index (χ0) is 8.55. The molecule has 0 bridgehead atoms. The van der Waals surface area contributed by atoms with Gasteiger partial charge in [-0.2, -0.15) is 0 Å². The van der Waals surface area contributed by atoms with Crippen molar-refractivity contribution in [1.29, 1.82) is 5.41 Å². The van der Waals surface area contributed by atoms with Gasteiger partial charge in [0, 0.05) is 0 Å². The molecule has 2 nitrogen and oxygen atoms in total. The van der Waals surface area contributed by atoms with E-state index >= 15 is 0 Å². The lowest BCUT2D eigenvalue weighted by Crippen LogP contribution is -2.25. The molecule has 0 heterocycles. The molecule has 1 atom stereocenters. The van der Waals surface area contributed by atoms with Crippen LogP contribution < -0.4 is 0 Å². The van der Waals surface area contributed by atoms with Gasteiger partial charge in [0.2, 0.25) is 0 Å². The topological polar surface area (TPSA) is 33.1 Å². The highest BCUT2D eigenvalue weighted by Gasteiger charge is 2.29. The summed E-state index contributed by atoms with van der Waals surface area (Å²) in [5.74, 6) is 0.597. The fraction of sp³-hybridized carbons (Fsp3) is 0.300. The van der Waals surface area contributed by atoms with Crippen LogP contribution >= 0.6 is 0 Å². The SMILES string of the molecule is COC(=N)C1Cc2ccccc21. The fourth-order valence-electron chi connectivity index (χ4n) is 1.64.